The fourth-order valence-corrected chi connectivity index (χ4v) is 2.95. The molecule has 0 unspecified atom stereocenters. The average Bonchev–Trinajstić information content (AvgIpc) is 2.20. The molecule has 0 heterocycles. The van der Waals surface area contributed by atoms with Crippen molar-refractivity contribution in [2.45, 2.75) is 45.2 Å². The lowest BCUT2D eigenvalue weighted by atomic mass is 9.85. The van der Waals surface area contributed by atoms with E-state index >= 15 is 0 Å². The molecule has 0 fully saturated rings. The standard InChI is InChI=1S/C11H26N4O4S/c1-10(2,13)11(3,4)14-20(18,19)15(8-6-12)7-5-9(16)17/h14H,5-8,12-13H2,1-4H3,(H,16,17). The van der Waals surface area contributed by atoms with Gasteiger partial charge in [0.15, 0.2) is 0 Å². The van der Waals surface area contributed by atoms with Gasteiger partial charge >= 0.3 is 5.97 Å². The molecule has 0 saturated heterocycles. The van der Waals surface area contributed by atoms with Crippen LogP contribution >= 0.6 is 0 Å². The van der Waals surface area contributed by atoms with Crippen LogP contribution in [0.15, 0.2) is 0 Å². The number of hydrogen-bond donors (Lipinski definition) is 4. The molecule has 9 heteroatoms. The van der Waals surface area contributed by atoms with Gasteiger partial charge in [0.05, 0.1) is 6.42 Å². The van der Waals surface area contributed by atoms with E-state index in [0.717, 1.165) is 4.31 Å². The molecule has 0 aliphatic rings. The Kier molecular flexibility index (Phi) is 6.56. The molecule has 0 rings (SSSR count). The van der Waals surface area contributed by atoms with Crippen LogP contribution in [0.1, 0.15) is 34.1 Å². The Morgan fingerprint density at radius 1 is 1.25 bits per heavy atom. The molecule has 0 aliphatic carbocycles. The molecule has 6 N–H and O–H groups in total. The summed E-state index contributed by atoms with van der Waals surface area (Å²) in [6.45, 7) is 6.77. The van der Waals surface area contributed by atoms with Crippen molar-refractivity contribution in [3.8, 4) is 0 Å². The van der Waals surface area contributed by atoms with E-state index < -0.39 is 27.3 Å². The van der Waals surface area contributed by atoms with Gasteiger partial charge in [0.2, 0.25) is 0 Å². The van der Waals surface area contributed by atoms with Crippen molar-refractivity contribution < 1.29 is 18.3 Å². The number of hydrogen-bond acceptors (Lipinski definition) is 5. The van der Waals surface area contributed by atoms with Crippen LogP contribution in [0.4, 0.5) is 0 Å². The second-order valence-corrected chi connectivity index (χ2v) is 7.46. The monoisotopic (exact) mass is 310 g/mol. The zero-order valence-corrected chi connectivity index (χ0v) is 13.3. The molecule has 8 nitrogen and oxygen atoms in total. The Morgan fingerprint density at radius 2 is 1.75 bits per heavy atom. The summed E-state index contributed by atoms with van der Waals surface area (Å²) < 4.78 is 28.1. The number of aliphatic carboxylic acids is 1. The van der Waals surface area contributed by atoms with E-state index in [1.54, 1.807) is 27.7 Å². The van der Waals surface area contributed by atoms with Gasteiger partial charge in [0.25, 0.3) is 10.2 Å². The summed E-state index contributed by atoms with van der Waals surface area (Å²) in [6.07, 6.45) is -0.284. The minimum atomic E-state index is -3.86. The van der Waals surface area contributed by atoms with Crippen molar-refractivity contribution in [2.75, 3.05) is 19.6 Å². The minimum Gasteiger partial charge on any atom is -0.481 e. The van der Waals surface area contributed by atoms with Gasteiger partial charge in [-0.3, -0.25) is 4.79 Å². The van der Waals surface area contributed by atoms with Crippen molar-refractivity contribution in [1.82, 2.24) is 9.03 Å². The highest BCUT2D eigenvalue weighted by Gasteiger charge is 2.38. The Morgan fingerprint density at radius 3 is 2.10 bits per heavy atom. The molecule has 0 aromatic carbocycles. The van der Waals surface area contributed by atoms with Crippen LogP contribution < -0.4 is 16.2 Å². The minimum absolute atomic E-state index is 0.0453. The molecule has 120 valence electrons. The van der Waals surface area contributed by atoms with E-state index in [9.17, 15) is 13.2 Å². The smallest absolute Gasteiger partial charge is 0.304 e. The van der Waals surface area contributed by atoms with E-state index in [2.05, 4.69) is 4.72 Å². The number of carboxylic acid groups (broad SMARTS) is 1. The van der Waals surface area contributed by atoms with Gasteiger partial charge in [-0.15, -0.1) is 0 Å². The third-order valence-electron chi connectivity index (χ3n) is 3.29. The number of nitrogens with two attached hydrogens (primary N) is 2. The molecular weight excluding hydrogens is 284 g/mol. The lowest BCUT2D eigenvalue weighted by Crippen LogP contribution is -2.64. The summed E-state index contributed by atoms with van der Waals surface area (Å²) in [4.78, 5) is 10.6. The molecule has 0 radical (unpaired) electrons. The molecular formula is C11H26N4O4S. The zero-order chi connectivity index (χ0) is 16.2. The van der Waals surface area contributed by atoms with Crippen LogP contribution in [-0.4, -0.2) is 54.5 Å². The molecule has 0 amide bonds. The lowest BCUT2D eigenvalue weighted by molar-refractivity contribution is -0.137. The largest absolute Gasteiger partial charge is 0.481 e. The zero-order valence-electron chi connectivity index (χ0n) is 12.5. The first-order valence-corrected chi connectivity index (χ1v) is 7.77. The SMILES string of the molecule is CC(C)(N)C(C)(C)NS(=O)(=O)N(CCN)CCC(=O)O. The predicted octanol–water partition coefficient (Wildman–Crippen LogP) is -0.928. The first kappa shape index (κ1) is 19.3. The van der Waals surface area contributed by atoms with E-state index in [-0.39, 0.29) is 26.1 Å². The number of carbonyl (C=O) groups is 1. The van der Waals surface area contributed by atoms with Crippen LogP contribution in [0.5, 0.6) is 0 Å². The molecule has 0 atom stereocenters. The fraction of sp³-hybridized carbons (Fsp3) is 0.909. The summed E-state index contributed by atoms with van der Waals surface area (Å²) >= 11 is 0. The summed E-state index contributed by atoms with van der Waals surface area (Å²) in [5, 5.41) is 8.67. The van der Waals surface area contributed by atoms with Crippen LogP contribution in [0.3, 0.4) is 0 Å². The van der Waals surface area contributed by atoms with E-state index in [1.165, 1.54) is 0 Å². The van der Waals surface area contributed by atoms with Gasteiger partial charge in [-0.1, -0.05) is 0 Å². The first-order valence-electron chi connectivity index (χ1n) is 6.33. The number of nitrogens with one attached hydrogen (secondary N) is 1. The highest BCUT2D eigenvalue weighted by atomic mass is 32.2. The van der Waals surface area contributed by atoms with Crippen LogP contribution in [0.2, 0.25) is 0 Å². The fourth-order valence-electron chi connectivity index (χ4n) is 1.24. The Hall–Kier alpha value is -0.740. The summed E-state index contributed by atoms with van der Waals surface area (Å²) in [5.41, 5.74) is 9.64. The van der Waals surface area contributed by atoms with Crippen LogP contribution in [0, 0.1) is 0 Å². The van der Waals surface area contributed by atoms with Crippen molar-refractivity contribution in [3.05, 3.63) is 0 Å². The number of rotatable bonds is 9. The van der Waals surface area contributed by atoms with E-state index in [4.69, 9.17) is 16.6 Å². The molecule has 0 aliphatic heterocycles. The lowest BCUT2D eigenvalue weighted by Gasteiger charge is -2.40. The molecule has 0 aromatic rings. The molecule has 0 spiro atoms. The second kappa shape index (κ2) is 6.81. The predicted molar refractivity (Wildman–Crippen MR) is 77.3 cm³/mol. The van der Waals surface area contributed by atoms with Crippen molar-refractivity contribution in [1.29, 1.82) is 0 Å². The summed E-state index contributed by atoms with van der Waals surface area (Å²) in [5.74, 6) is -1.07. The second-order valence-electron chi connectivity index (χ2n) is 5.79. The van der Waals surface area contributed by atoms with Crippen molar-refractivity contribution in [2.24, 2.45) is 11.5 Å². The maximum Gasteiger partial charge on any atom is 0.304 e. The summed E-state index contributed by atoms with van der Waals surface area (Å²) in [6, 6.07) is 0. The van der Waals surface area contributed by atoms with Gasteiger partial charge in [-0.05, 0) is 27.7 Å². The highest BCUT2D eigenvalue weighted by molar-refractivity contribution is 7.87. The van der Waals surface area contributed by atoms with E-state index in [0.29, 0.717) is 0 Å². The molecule has 0 saturated carbocycles. The quantitative estimate of drug-likeness (QED) is 0.434. The van der Waals surface area contributed by atoms with Crippen LogP contribution in [0.25, 0.3) is 0 Å². The number of nitrogens with zero attached hydrogens (tertiary/aromatic N) is 1. The van der Waals surface area contributed by atoms with Gasteiger partial charge in [-0.2, -0.15) is 17.4 Å². The molecule has 20 heavy (non-hydrogen) atoms. The normalized spacial score (nSPS) is 13.8. The van der Waals surface area contributed by atoms with Gasteiger partial charge in [0, 0.05) is 30.7 Å². The van der Waals surface area contributed by atoms with Crippen LogP contribution in [-0.2, 0) is 15.0 Å². The third-order valence-corrected chi connectivity index (χ3v) is 5.10. The summed E-state index contributed by atoms with van der Waals surface area (Å²) in [7, 11) is -3.86. The Labute approximate surface area is 120 Å². The maximum absolute atomic E-state index is 12.3. The molecule has 0 bridgehead atoms. The number of carboxylic acids is 1. The van der Waals surface area contributed by atoms with Gasteiger partial charge < -0.3 is 16.6 Å². The Bertz CT molecular complexity index is 428. The Balaban J connectivity index is 5.09. The third kappa shape index (κ3) is 5.71. The average molecular weight is 310 g/mol. The molecule has 0 aromatic heterocycles. The highest BCUT2D eigenvalue weighted by Crippen LogP contribution is 2.20. The topological polar surface area (TPSA) is 139 Å². The van der Waals surface area contributed by atoms with E-state index in [1.807, 2.05) is 0 Å². The van der Waals surface area contributed by atoms with Crippen molar-refractivity contribution >= 4 is 16.2 Å². The van der Waals surface area contributed by atoms with Gasteiger partial charge in [-0.25, -0.2) is 0 Å². The van der Waals surface area contributed by atoms with Gasteiger partial charge in [0.1, 0.15) is 0 Å². The first-order chi connectivity index (χ1) is 8.83. The maximum atomic E-state index is 12.3. The van der Waals surface area contributed by atoms with Crippen molar-refractivity contribution in [3.63, 3.8) is 0 Å².